The van der Waals surface area contributed by atoms with Gasteiger partial charge in [-0.15, -0.1) is 0 Å². The Kier molecular flexibility index (Phi) is 1.45. The monoisotopic (exact) mass is 143 g/mol. The summed E-state index contributed by atoms with van der Waals surface area (Å²) >= 11 is 0. The van der Waals surface area contributed by atoms with Crippen molar-refractivity contribution < 1.29 is 8.78 Å². The molecule has 3 heteroatoms. The molecule has 0 bridgehead atoms. The Hall–Kier alpha value is -0.960. The molecule has 10 heavy (non-hydrogen) atoms. The topological polar surface area (TPSA) is 35.0 Å². The summed E-state index contributed by atoms with van der Waals surface area (Å²) < 4.78 is 24.7. The third kappa shape index (κ3) is 0.708. The second-order valence-corrected chi connectivity index (χ2v) is 2.11. The van der Waals surface area contributed by atoms with Gasteiger partial charge in [-0.05, 0) is 11.6 Å². The Labute approximate surface area is 57.3 Å². The summed E-state index contributed by atoms with van der Waals surface area (Å²) in [5.74, 6) is -0.417. The minimum Gasteiger partial charge on any atom is -0.344 e. The summed E-state index contributed by atoms with van der Waals surface area (Å²) in [6.45, 7) is 0. The van der Waals surface area contributed by atoms with Gasteiger partial charge in [-0.2, -0.15) is 0 Å². The highest BCUT2D eigenvalue weighted by molar-refractivity contribution is 5.50. The Bertz CT molecular complexity index is 260. The predicted molar refractivity (Wildman–Crippen MR) is 34.4 cm³/mol. The quantitative estimate of drug-likeness (QED) is 0.594. The van der Waals surface area contributed by atoms with Gasteiger partial charge < -0.3 is 6.15 Å². The van der Waals surface area contributed by atoms with E-state index in [9.17, 15) is 8.78 Å². The summed E-state index contributed by atoms with van der Waals surface area (Å²) in [7, 11) is 0. The zero-order chi connectivity index (χ0) is 6.43. The van der Waals surface area contributed by atoms with E-state index in [2.05, 4.69) is 0 Å². The van der Waals surface area contributed by atoms with E-state index in [-0.39, 0.29) is 11.7 Å². The molecule has 0 aromatic heterocycles. The molecule has 1 aliphatic carbocycles. The summed E-state index contributed by atoms with van der Waals surface area (Å²) in [5.41, 5.74) is 0.757. The zero-order valence-electron chi connectivity index (χ0n) is 5.27. The van der Waals surface area contributed by atoms with Gasteiger partial charge in [0.15, 0.2) is 6.17 Å². The SMILES string of the molecule is Fc1cccc2c1C2F.N. The number of hydrogen-bond acceptors (Lipinski definition) is 1. The van der Waals surface area contributed by atoms with Gasteiger partial charge in [0.1, 0.15) is 5.82 Å². The molecule has 1 atom stereocenters. The van der Waals surface area contributed by atoms with Crippen LogP contribution in [0.15, 0.2) is 18.2 Å². The molecule has 0 saturated heterocycles. The highest BCUT2D eigenvalue weighted by atomic mass is 19.1. The van der Waals surface area contributed by atoms with Gasteiger partial charge in [0.25, 0.3) is 0 Å². The maximum absolute atomic E-state index is 12.4. The fourth-order valence-corrected chi connectivity index (χ4v) is 0.969. The molecular weight excluding hydrogens is 136 g/mol. The van der Waals surface area contributed by atoms with Crippen LogP contribution in [0.5, 0.6) is 0 Å². The maximum atomic E-state index is 12.4. The van der Waals surface area contributed by atoms with Gasteiger partial charge >= 0.3 is 0 Å². The van der Waals surface area contributed by atoms with Crippen LogP contribution in [0, 0.1) is 5.82 Å². The second-order valence-electron chi connectivity index (χ2n) is 2.11. The van der Waals surface area contributed by atoms with Crippen LogP contribution < -0.4 is 6.15 Å². The van der Waals surface area contributed by atoms with Gasteiger partial charge in [-0.25, -0.2) is 8.78 Å². The molecule has 0 aliphatic heterocycles. The summed E-state index contributed by atoms with van der Waals surface area (Å²) in [6.07, 6.45) is -1.11. The molecular formula is C7H7F2N. The normalized spacial score (nSPS) is 19.2. The molecule has 1 aliphatic rings. The largest absolute Gasteiger partial charge is 0.344 e. The fraction of sp³-hybridized carbons (Fsp3) is 0.143. The number of halogens is 2. The van der Waals surface area contributed by atoms with Crippen LogP contribution in [0.3, 0.4) is 0 Å². The molecule has 0 amide bonds. The van der Waals surface area contributed by atoms with E-state index >= 15 is 0 Å². The predicted octanol–water partition coefficient (Wildman–Crippen LogP) is 2.36. The van der Waals surface area contributed by atoms with Crippen molar-refractivity contribution in [1.82, 2.24) is 6.15 Å². The highest BCUT2D eigenvalue weighted by Gasteiger charge is 2.35. The molecule has 1 aromatic carbocycles. The summed E-state index contributed by atoms with van der Waals surface area (Å²) in [5, 5.41) is 0. The van der Waals surface area contributed by atoms with E-state index in [0.29, 0.717) is 5.56 Å². The first-order valence-electron chi connectivity index (χ1n) is 2.73. The van der Waals surface area contributed by atoms with Gasteiger partial charge in [-0.1, -0.05) is 12.1 Å². The van der Waals surface area contributed by atoms with E-state index in [1.54, 1.807) is 6.07 Å². The molecule has 0 heterocycles. The van der Waals surface area contributed by atoms with E-state index in [4.69, 9.17) is 0 Å². The van der Waals surface area contributed by atoms with Crippen molar-refractivity contribution in [3.8, 4) is 0 Å². The molecule has 1 nitrogen and oxygen atoms in total. The van der Waals surface area contributed by atoms with E-state index in [1.807, 2.05) is 0 Å². The first-order valence-corrected chi connectivity index (χ1v) is 2.73. The molecule has 54 valence electrons. The van der Waals surface area contributed by atoms with Crippen LogP contribution in [-0.2, 0) is 0 Å². The van der Waals surface area contributed by atoms with Crippen LogP contribution in [0.2, 0.25) is 0 Å². The first kappa shape index (κ1) is 7.15. The first-order chi connectivity index (χ1) is 4.30. The maximum Gasteiger partial charge on any atom is 0.154 e. The van der Waals surface area contributed by atoms with Crippen LogP contribution in [0.4, 0.5) is 8.78 Å². The van der Waals surface area contributed by atoms with Crippen LogP contribution in [0.1, 0.15) is 17.3 Å². The lowest BCUT2D eigenvalue weighted by Crippen LogP contribution is -1.66. The van der Waals surface area contributed by atoms with Crippen LogP contribution in [-0.4, -0.2) is 0 Å². The molecule has 3 N–H and O–H groups in total. The van der Waals surface area contributed by atoms with Gasteiger partial charge in [0.05, 0.1) is 0 Å². The van der Waals surface area contributed by atoms with Gasteiger partial charge in [0.2, 0.25) is 0 Å². The lowest BCUT2D eigenvalue weighted by atomic mass is 10.4. The molecule has 0 spiro atoms. The molecule has 0 radical (unpaired) electrons. The van der Waals surface area contributed by atoms with Crippen molar-refractivity contribution in [2.45, 2.75) is 6.17 Å². The zero-order valence-corrected chi connectivity index (χ0v) is 5.27. The average Bonchev–Trinajstić information content (AvgIpc) is 2.45. The second kappa shape index (κ2) is 2.02. The lowest BCUT2D eigenvalue weighted by Gasteiger charge is -1.77. The van der Waals surface area contributed by atoms with E-state index in [1.165, 1.54) is 12.1 Å². The Morgan fingerprint density at radius 3 is 2.50 bits per heavy atom. The van der Waals surface area contributed by atoms with E-state index in [0.717, 1.165) is 0 Å². The number of rotatable bonds is 0. The molecule has 1 aromatic rings. The molecule has 0 saturated carbocycles. The van der Waals surface area contributed by atoms with Crippen molar-refractivity contribution in [2.75, 3.05) is 0 Å². The van der Waals surface area contributed by atoms with Crippen molar-refractivity contribution >= 4 is 0 Å². The highest BCUT2D eigenvalue weighted by Crippen LogP contribution is 2.45. The van der Waals surface area contributed by atoms with Crippen LogP contribution in [0.25, 0.3) is 0 Å². The number of benzene rings is 1. The molecule has 1 unspecified atom stereocenters. The van der Waals surface area contributed by atoms with Crippen molar-refractivity contribution in [2.24, 2.45) is 0 Å². The fourth-order valence-electron chi connectivity index (χ4n) is 0.969. The third-order valence-electron chi connectivity index (χ3n) is 1.53. The minimum atomic E-state index is -1.11. The third-order valence-corrected chi connectivity index (χ3v) is 1.53. The Morgan fingerprint density at radius 1 is 1.30 bits per heavy atom. The number of hydrogen-bond donors (Lipinski definition) is 1. The van der Waals surface area contributed by atoms with Gasteiger partial charge in [-0.3, -0.25) is 0 Å². The average molecular weight is 143 g/mol. The lowest BCUT2D eigenvalue weighted by molar-refractivity contribution is 0.458. The smallest absolute Gasteiger partial charge is 0.154 e. The standard InChI is InChI=1S/C7H4F2.H3N/c8-5-3-1-2-4-6(5)7(4)9;/h1-3,7H;1H3. The molecule has 0 fully saturated rings. The summed E-state index contributed by atoms with van der Waals surface area (Å²) in [6, 6.07) is 4.40. The minimum absolute atomic E-state index is 0. The van der Waals surface area contributed by atoms with Crippen molar-refractivity contribution in [3.63, 3.8) is 0 Å². The Balaban J connectivity index is 0.000000500. The van der Waals surface area contributed by atoms with E-state index < -0.39 is 12.0 Å². The van der Waals surface area contributed by atoms with Crippen LogP contribution >= 0.6 is 0 Å². The molecule has 2 rings (SSSR count). The number of fused-ring (bicyclic) bond motifs is 1. The van der Waals surface area contributed by atoms with Crippen molar-refractivity contribution in [1.29, 1.82) is 0 Å². The Morgan fingerprint density at radius 2 is 2.00 bits per heavy atom. The summed E-state index contributed by atoms with van der Waals surface area (Å²) in [4.78, 5) is 0. The van der Waals surface area contributed by atoms with Gasteiger partial charge in [0, 0.05) is 5.56 Å². The van der Waals surface area contributed by atoms with Crippen molar-refractivity contribution in [3.05, 3.63) is 35.1 Å². The number of alkyl halides is 1.